The predicted molar refractivity (Wildman–Crippen MR) is 114 cm³/mol. The number of rotatable bonds is 6. The van der Waals surface area contributed by atoms with Crippen LogP contribution in [-0.4, -0.2) is 39.5 Å². The van der Waals surface area contributed by atoms with E-state index < -0.39 is 17.5 Å². The van der Waals surface area contributed by atoms with E-state index in [1.54, 1.807) is 18.3 Å². The van der Waals surface area contributed by atoms with E-state index in [0.717, 1.165) is 36.4 Å². The number of methoxy groups -OCH3 is 1. The third kappa shape index (κ3) is 4.38. The zero-order valence-electron chi connectivity index (χ0n) is 17.9. The van der Waals surface area contributed by atoms with E-state index in [2.05, 4.69) is 25.7 Å². The molecule has 1 amide bonds. The number of pyridine rings is 1. The van der Waals surface area contributed by atoms with Crippen LogP contribution in [0.3, 0.4) is 0 Å². The standard InChI is InChI=1S/C22H20F3N5O3/c1-21(2,22(23,24)25)16-10-17(30-33-16)27-18(31)8-12-4-6-13(7-5-12)14-9-15-19(26-11-14)28-29-20(15)32-3/h4-7,9-11H,8H2,1-3H3,(H,26,28,29)(H,27,30,31). The van der Waals surface area contributed by atoms with Crippen molar-refractivity contribution in [3.8, 4) is 17.0 Å². The number of ether oxygens (including phenoxy) is 1. The summed E-state index contributed by atoms with van der Waals surface area (Å²) in [5.41, 5.74) is 0.828. The predicted octanol–water partition coefficient (Wildman–Crippen LogP) is 4.64. The molecule has 0 spiro atoms. The van der Waals surface area contributed by atoms with E-state index in [0.29, 0.717) is 17.1 Å². The molecule has 0 saturated carbocycles. The zero-order chi connectivity index (χ0) is 23.8. The average Bonchev–Trinajstić information content (AvgIpc) is 3.40. The van der Waals surface area contributed by atoms with Gasteiger partial charge in [0.2, 0.25) is 11.8 Å². The number of alkyl halides is 3. The zero-order valence-corrected chi connectivity index (χ0v) is 17.9. The molecule has 0 atom stereocenters. The number of nitrogens with zero attached hydrogens (tertiary/aromatic N) is 3. The van der Waals surface area contributed by atoms with Gasteiger partial charge < -0.3 is 14.6 Å². The number of nitrogens with one attached hydrogen (secondary N) is 2. The monoisotopic (exact) mass is 459 g/mol. The molecule has 8 nitrogen and oxygen atoms in total. The first kappa shape index (κ1) is 22.3. The van der Waals surface area contributed by atoms with Crippen LogP contribution in [0.2, 0.25) is 0 Å². The molecule has 172 valence electrons. The van der Waals surface area contributed by atoms with Crippen LogP contribution in [0.15, 0.2) is 47.1 Å². The maximum atomic E-state index is 13.1. The Hall–Kier alpha value is -3.89. The third-order valence-corrected chi connectivity index (χ3v) is 5.33. The highest BCUT2D eigenvalue weighted by Gasteiger charge is 2.51. The molecular weight excluding hydrogens is 439 g/mol. The van der Waals surface area contributed by atoms with Crippen LogP contribution in [0.1, 0.15) is 25.2 Å². The van der Waals surface area contributed by atoms with Gasteiger partial charge in [-0.05, 0) is 31.0 Å². The summed E-state index contributed by atoms with van der Waals surface area (Å²) >= 11 is 0. The Bertz CT molecular complexity index is 1290. The fraction of sp³-hybridized carbons (Fsp3) is 0.273. The number of aromatic amines is 1. The summed E-state index contributed by atoms with van der Waals surface area (Å²) in [6.07, 6.45) is -2.80. The fourth-order valence-corrected chi connectivity index (χ4v) is 3.15. The summed E-state index contributed by atoms with van der Waals surface area (Å²) < 4.78 is 49.4. The lowest BCUT2D eigenvalue weighted by Gasteiger charge is -2.24. The Kier molecular flexibility index (Phi) is 5.56. The minimum absolute atomic E-state index is 0.0119. The van der Waals surface area contributed by atoms with Gasteiger partial charge in [-0.3, -0.25) is 9.89 Å². The number of carbonyl (C=O) groups is 1. The number of benzene rings is 1. The van der Waals surface area contributed by atoms with Gasteiger partial charge in [-0.2, -0.15) is 13.2 Å². The molecule has 11 heteroatoms. The van der Waals surface area contributed by atoms with Gasteiger partial charge in [0, 0.05) is 17.8 Å². The summed E-state index contributed by atoms with van der Waals surface area (Å²) in [6.45, 7) is 1.97. The van der Waals surface area contributed by atoms with Crippen molar-refractivity contribution >= 4 is 22.8 Å². The molecule has 0 saturated heterocycles. The highest BCUT2D eigenvalue weighted by Crippen LogP contribution is 2.41. The third-order valence-electron chi connectivity index (χ3n) is 5.33. The number of anilines is 1. The Labute approximate surface area is 186 Å². The molecule has 0 aliphatic rings. The summed E-state index contributed by atoms with van der Waals surface area (Å²) in [5, 5.41) is 13.6. The summed E-state index contributed by atoms with van der Waals surface area (Å²) in [6, 6.07) is 10.2. The van der Waals surface area contributed by atoms with E-state index in [4.69, 9.17) is 9.26 Å². The molecule has 0 aliphatic heterocycles. The van der Waals surface area contributed by atoms with E-state index in [9.17, 15) is 18.0 Å². The fourth-order valence-electron chi connectivity index (χ4n) is 3.15. The maximum Gasteiger partial charge on any atom is 0.401 e. The first-order valence-electron chi connectivity index (χ1n) is 9.89. The quantitative estimate of drug-likeness (QED) is 0.435. The van der Waals surface area contributed by atoms with Crippen molar-refractivity contribution in [1.82, 2.24) is 20.3 Å². The average molecular weight is 459 g/mol. The second kappa shape index (κ2) is 8.23. The van der Waals surface area contributed by atoms with E-state index >= 15 is 0 Å². The molecule has 0 aliphatic carbocycles. The molecule has 0 bridgehead atoms. The van der Waals surface area contributed by atoms with Crippen LogP contribution in [0.4, 0.5) is 19.0 Å². The molecule has 0 unspecified atom stereocenters. The van der Waals surface area contributed by atoms with Crippen molar-refractivity contribution in [3.63, 3.8) is 0 Å². The van der Waals surface area contributed by atoms with E-state index in [-0.39, 0.29) is 18.0 Å². The summed E-state index contributed by atoms with van der Waals surface area (Å²) in [4.78, 5) is 16.7. The van der Waals surface area contributed by atoms with Gasteiger partial charge in [-0.1, -0.05) is 29.4 Å². The van der Waals surface area contributed by atoms with Crippen molar-refractivity contribution < 1.29 is 27.2 Å². The summed E-state index contributed by atoms with van der Waals surface area (Å²) in [7, 11) is 1.53. The number of hydrogen-bond acceptors (Lipinski definition) is 6. The molecule has 0 fully saturated rings. The molecular formula is C22H20F3N5O3. The van der Waals surface area contributed by atoms with Crippen LogP contribution in [0, 0.1) is 0 Å². The number of hydrogen-bond donors (Lipinski definition) is 2. The van der Waals surface area contributed by atoms with Gasteiger partial charge in [-0.15, -0.1) is 5.10 Å². The highest BCUT2D eigenvalue weighted by atomic mass is 19.4. The number of aromatic nitrogens is 4. The van der Waals surface area contributed by atoms with Gasteiger partial charge in [-0.25, -0.2) is 4.98 Å². The van der Waals surface area contributed by atoms with Crippen LogP contribution < -0.4 is 10.1 Å². The molecule has 3 heterocycles. The smallest absolute Gasteiger partial charge is 0.401 e. The van der Waals surface area contributed by atoms with Crippen LogP contribution in [0.5, 0.6) is 5.88 Å². The molecule has 2 N–H and O–H groups in total. The summed E-state index contributed by atoms with van der Waals surface area (Å²) in [5.74, 6) is -0.437. The van der Waals surface area contributed by atoms with E-state index in [1.807, 2.05) is 18.2 Å². The molecule has 4 aromatic rings. The van der Waals surface area contributed by atoms with Gasteiger partial charge in [0.05, 0.1) is 18.9 Å². The van der Waals surface area contributed by atoms with Crippen molar-refractivity contribution in [3.05, 3.63) is 53.9 Å². The Balaban J connectivity index is 1.43. The van der Waals surface area contributed by atoms with Gasteiger partial charge in [0.25, 0.3) is 0 Å². The van der Waals surface area contributed by atoms with E-state index in [1.165, 1.54) is 7.11 Å². The first-order valence-corrected chi connectivity index (χ1v) is 9.89. The van der Waals surface area contributed by atoms with Gasteiger partial charge in [0.1, 0.15) is 5.41 Å². The number of carbonyl (C=O) groups excluding carboxylic acids is 1. The molecule has 1 aromatic carbocycles. The Morgan fingerprint density at radius 3 is 2.55 bits per heavy atom. The Morgan fingerprint density at radius 2 is 1.88 bits per heavy atom. The number of amides is 1. The van der Waals surface area contributed by atoms with Crippen LogP contribution >= 0.6 is 0 Å². The molecule has 3 aromatic heterocycles. The number of halogens is 3. The molecule has 33 heavy (non-hydrogen) atoms. The second-order valence-electron chi connectivity index (χ2n) is 7.97. The minimum atomic E-state index is -4.52. The topological polar surface area (TPSA) is 106 Å². The van der Waals surface area contributed by atoms with Gasteiger partial charge >= 0.3 is 6.18 Å². The number of fused-ring (bicyclic) bond motifs is 1. The Morgan fingerprint density at radius 1 is 1.15 bits per heavy atom. The van der Waals surface area contributed by atoms with Crippen molar-refractivity contribution in [2.75, 3.05) is 12.4 Å². The van der Waals surface area contributed by atoms with Crippen LogP contribution in [0.25, 0.3) is 22.2 Å². The van der Waals surface area contributed by atoms with Crippen molar-refractivity contribution in [2.24, 2.45) is 0 Å². The normalized spacial score (nSPS) is 12.2. The lowest BCUT2D eigenvalue weighted by atomic mass is 9.89. The van der Waals surface area contributed by atoms with Crippen molar-refractivity contribution in [1.29, 1.82) is 0 Å². The minimum Gasteiger partial charge on any atom is -0.479 e. The maximum absolute atomic E-state index is 13.1. The lowest BCUT2D eigenvalue weighted by molar-refractivity contribution is -0.185. The van der Waals surface area contributed by atoms with Crippen LogP contribution in [-0.2, 0) is 16.6 Å². The molecule has 4 rings (SSSR count). The highest BCUT2D eigenvalue weighted by molar-refractivity contribution is 5.91. The van der Waals surface area contributed by atoms with Crippen molar-refractivity contribution in [2.45, 2.75) is 31.9 Å². The van der Waals surface area contributed by atoms with Gasteiger partial charge in [0.15, 0.2) is 17.2 Å². The SMILES string of the molecule is COc1n[nH]c2ncc(-c3ccc(CC(=O)Nc4cc(C(C)(C)C(F)(F)F)on4)cc3)cc12. The first-order chi connectivity index (χ1) is 15.6. The number of H-pyrrole nitrogens is 1. The molecule has 0 radical (unpaired) electrons. The second-order valence-corrected chi connectivity index (χ2v) is 7.97. The largest absolute Gasteiger partial charge is 0.479 e. The lowest BCUT2D eigenvalue weighted by Crippen LogP contribution is -2.35.